The number of nitrogens with two attached hydrogens (primary N) is 1. The molecule has 0 saturated heterocycles. The molecule has 0 radical (unpaired) electrons. The fraction of sp³-hybridized carbons (Fsp3) is 0.600. The third kappa shape index (κ3) is 4.29. The van der Waals surface area contributed by atoms with Crippen LogP contribution in [0.3, 0.4) is 0 Å². The summed E-state index contributed by atoms with van der Waals surface area (Å²) in [5.41, 5.74) is 8.29. The molecule has 0 aromatic heterocycles. The van der Waals surface area contributed by atoms with Gasteiger partial charge >= 0.3 is 0 Å². The Labute approximate surface area is 119 Å². The van der Waals surface area contributed by atoms with Crippen molar-refractivity contribution in [1.29, 1.82) is 0 Å². The van der Waals surface area contributed by atoms with Gasteiger partial charge < -0.3 is 10.5 Å². The second-order valence-corrected chi connectivity index (χ2v) is 5.86. The average Bonchev–Trinajstić information content (AvgIpc) is 2.27. The van der Waals surface area contributed by atoms with Crippen molar-refractivity contribution in [1.82, 2.24) is 0 Å². The van der Waals surface area contributed by atoms with Crippen LogP contribution in [0.2, 0.25) is 0 Å². The SMILES string of the molecule is CCC(CC)Oc1c(C)cc(Br)cc1CC(C)N. The van der Waals surface area contributed by atoms with E-state index in [1.165, 1.54) is 11.1 Å². The molecule has 0 bridgehead atoms. The highest BCUT2D eigenvalue weighted by atomic mass is 79.9. The lowest BCUT2D eigenvalue weighted by Crippen LogP contribution is -2.20. The van der Waals surface area contributed by atoms with Gasteiger partial charge in [-0.15, -0.1) is 0 Å². The van der Waals surface area contributed by atoms with Gasteiger partial charge in [-0.05, 0) is 56.4 Å². The van der Waals surface area contributed by atoms with Crippen molar-refractivity contribution in [3.8, 4) is 5.75 Å². The van der Waals surface area contributed by atoms with Crippen molar-refractivity contribution < 1.29 is 4.74 Å². The smallest absolute Gasteiger partial charge is 0.125 e. The highest BCUT2D eigenvalue weighted by molar-refractivity contribution is 9.10. The maximum absolute atomic E-state index is 6.15. The molecule has 18 heavy (non-hydrogen) atoms. The van der Waals surface area contributed by atoms with E-state index in [2.05, 4.69) is 48.8 Å². The maximum atomic E-state index is 6.15. The summed E-state index contributed by atoms with van der Waals surface area (Å²) in [7, 11) is 0. The van der Waals surface area contributed by atoms with Gasteiger partial charge in [0.25, 0.3) is 0 Å². The monoisotopic (exact) mass is 313 g/mol. The number of aryl methyl sites for hydroxylation is 1. The minimum atomic E-state index is 0.141. The molecule has 3 heteroatoms. The van der Waals surface area contributed by atoms with Gasteiger partial charge in [-0.3, -0.25) is 0 Å². The molecule has 1 rings (SSSR count). The fourth-order valence-electron chi connectivity index (χ4n) is 2.09. The summed E-state index contributed by atoms with van der Waals surface area (Å²) in [6.45, 7) is 8.44. The molecule has 0 spiro atoms. The lowest BCUT2D eigenvalue weighted by atomic mass is 10.0. The summed E-state index contributed by atoms with van der Waals surface area (Å²) in [6, 6.07) is 4.36. The number of ether oxygens (including phenoxy) is 1. The van der Waals surface area contributed by atoms with Crippen LogP contribution in [0.15, 0.2) is 16.6 Å². The molecular formula is C15H24BrNO. The van der Waals surface area contributed by atoms with Gasteiger partial charge in [-0.25, -0.2) is 0 Å². The molecule has 2 N–H and O–H groups in total. The van der Waals surface area contributed by atoms with Gasteiger partial charge in [0.15, 0.2) is 0 Å². The highest BCUT2D eigenvalue weighted by Crippen LogP contribution is 2.30. The molecule has 0 amide bonds. The van der Waals surface area contributed by atoms with Crippen LogP contribution < -0.4 is 10.5 Å². The van der Waals surface area contributed by atoms with Crippen molar-refractivity contribution in [2.45, 2.75) is 59.1 Å². The molecule has 102 valence electrons. The van der Waals surface area contributed by atoms with Crippen LogP contribution in [-0.2, 0) is 6.42 Å². The average molecular weight is 314 g/mol. The zero-order chi connectivity index (χ0) is 13.7. The Kier molecular flexibility index (Phi) is 6.16. The minimum absolute atomic E-state index is 0.141. The first-order chi connectivity index (χ1) is 8.47. The van der Waals surface area contributed by atoms with E-state index in [1.54, 1.807) is 0 Å². The van der Waals surface area contributed by atoms with E-state index in [0.717, 1.165) is 29.5 Å². The fourth-order valence-corrected chi connectivity index (χ4v) is 2.71. The van der Waals surface area contributed by atoms with Crippen molar-refractivity contribution in [2.24, 2.45) is 5.73 Å². The standard InChI is InChI=1S/C15H24BrNO/c1-5-14(6-2)18-15-10(3)7-13(16)9-12(15)8-11(4)17/h7,9,11,14H,5-6,8,17H2,1-4H3. The van der Waals surface area contributed by atoms with E-state index in [9.17, 15) is 0 Å². The van der Waals surface area contributed by atoms with E-state index >= 15 is 0 Å². The van der Waals surface area contributed by atoms with Gasteiger partial charge in [-0.1, -0.05) is 29.8 Å². The number of hydrogen-bond acceptors (Lipinski definition) is 2. The zero-order valence-corrected chi connectivity index (χ0v) is 13.4. The quantitative estimate of drug-likeness (QED) is 0.853. The Morgan fingerprint density at radius 1 is 1.28 bits per heavy atom. The molecule has 0 aliphatic rings. The van der Waals surface area contributed by atoms with Crippen molar-refractivity contribution in [3.63, 3.8) is 0 Å². The number of benzene rings is 1. The van der Waals surface area contributed by atoms with E-state index in [4.69, 9.17) is 10.5 Å². The zero-order valence-electron chi connectivity index (χ0n) is 11.8. The van der Waals surface area contributed by atoms with Crippen LogP contribution in [0.5, 0.6) is 5.75 Å². The number of rotatable bonds is 6. The second kappa shape index (κ2) is 7.15. The molecule has 1 aromatic carbocycles. The summed E-state index contributed by atoms with van der Waals surface area (Å²) < 4.78 is 7.24. The van der Waals surface area contributed by atoms with Gasteiger partial charge in [0.2, 0.25) is 0 Å². The maximum Gasteiger partial charge on any atom is 0.125 e. The Bertz CT molecular complexity index is 386. The van der Waals surface area contributed by atoms with E-state index in [1.807, 2.05) is 6.92 Å². The second-order valence-electron chi connectivity index (χ2n) is 4.95. The molecule has 1 atom stereocenters. The normalized spacial score (nSPS) is 12.8. The molecule has 0 heterocycles. The first-order valence-corrected chi connectivity index (χ1v) is 7.48. The summed E-state index contributed by atoms with van der Waals surface area (Å²) in [5.74, 6) is 1.02. The molecule has 0 aliphatic heterocycles. The van der Waals surface area contributed by atoms with Gasteiger partial charge in [0.1, 0.15) is 5.75 Å². The predicted octanol–water partition coefficient (Wildman–Crippen LogP) is 4.21. The van der Waals surface area contributed by atoms with Crippen LogP contribution in [-0.4, -0.2) is 12.1 Å². The summed E-state index contributed by atoms with van der Waals surface area (Å²) in [5, 5.41) is 0. The largest absolute Gasteiger partial charge is 0.490 e. The van der Waals surface area contributed by atoms with Crippen LogP contribution >= 0.6 is 15.9 Å². The first-order valence-electron chi connectivity index (χ1n) is 6.69. The van der Waals surface area contributed by atoms with Crippen molar-refractivity contribution in [3.05, 3.63) is 27.7 Å². The molecule has 0 fully saturated rings. The highest BCUT2D eigenvalue weighted by Gasteiger charge is 2.14. The molecule has 0 aliphatic carbocycles. The Balaban J connectivity index is 3.06. The van der Waals surface area contributed by atoms with Crippen LogP contribution in [0.1, 0.15) is 44.7 Å². The van der Waals surface area contributed by atoms with Crippen LogP contribution in [0.25, 0.3) is 0 Å². The number of halogens is 1. The van der Waals surface area contributed by atoms with E-state index < -0.39 is 0 Å². The topological polar surface area (TPSA) is 35.2 Å². The Morgan fingerprint density at radius 3 is 2.39 bits per heavy atom. The molecular weight excluding hydrogens is 290 g/mol. The van der Waals surface area contributed by atoms with E-state index in [0.29, 0.717) is 0 Å². The number of hydrogen-bond donors (Lipinski definition) is 1. The summed E-state index contributed by atoms with van der Waals surface area (Å²) >= 11 is 3.54. The van der Waals surface area contributed by atoms with Gasteiger partial charge in [-0.2, -0.15) is 0 Å². The molecule has 2 nitrogen and oxygen atoms in total. The lowest BCUT2D eigenvalue weighted by molar-refractivity contribution is 0.189. The minimum Gasteiger partial charge on any atom is -0.490 e. The van der Waals surface area contributed by atoms with Gasteiger partial charge in [0.05, 0.1) is 6.10 Å². The predicted molar refractivity (Wildman–Crippen MR) is 81.2 cm³/mol. The Morgan fingerprint density at radius 2 is 1.89 bits per heavy atom. The third-order valence-electron chi connectivity index (χ3n) is 3.05. The first kappa shape index (κ1) is 15.5. The Hall–Kier alpha value is -0.540. The van der Waals surface area contributed by atoms with Crippen molar-refractivity contribution >= 4 is 15.9 Å². The van der Waals surface area contributed by atoms with Crippen LogP contribution in [0.4, 0.5) is 0 Å². The molecule has 0 saturated carbocycles. The summed E-state index contributed by atoms with van der Waals surface area (Å²) in [4.78, 5) is 0. The third-order valence-corrected chi connectivity index (χ3v) is 3.51. The lowest BCUT2D eigenvalue weighted by Gasteiger charge is -2.21. The van der Waals surface area contributed by atoms with Gasteiger partial charge in [0, 0.05) is 10.5 Å². The van der Waals surface area contributed by atoms with E-state index in [-0.39, 0.29) is 12.1 Å². The van der Waals surface area contributed by atoms with Crippen LogP contribution in [0, 0.1) is 6.92 Å². The molecule has 1 unspecified atom stereocenters. The van der Waals surface area contributed by atoms with Crippen molar-refractivity contribution in [2.75, 3.05) is 0 Å². The summed E-state index contributed by atoms with van der Waals surface area (Å²) in [6.07, 6.45) is 3.19. The molecule has 1 aromatic rings.